The van der Waals surface area contributed by atoms with Crippen molar-refractivity contribution in [2.45, 2.75) is 50.7 Å². The first-order valence-electron chi connectivity index (χ1n) is 7.74. The van der Waals surface area contributed by atoms with E-state index in [9.17, 15) is 9.90 Å². The van der Waals surface area contributed by atoms with Crippen LogP contribution in [0.1, 0.15) is 48.9 Å². The molecule has 0 unspecified atom stereocenters. The van der Waals surface area contributed by atoms with Crippen LogP contribution in [0.4, 0.5) is 5.69 Å². The highest BCUT2D eigenvalue weighted by Crippen LogP contribution is 2.21. The summed E-state index contributed by atoms with van der Waals surface area (Å²) in [7, 11) is 3.91. The molecular formula is C17H25NO3. The summed E-state index contributed by atoms with van der Waals surface area (Å²) in [5.41, 5.74) is 1.58. The van der Waals surface area contributed by atoms with E-state index in [1.807, 2.05) is 31.1 Å². The minimum atomic E-state index is -0.532. The molecule has 0 radical (unpaired) electrons. The van der Waals surface area contributed by atoms with E-state index >= 15 is 0 Å². The molecule has 0 bridgehead atoms. The van der Waals surface area contributed by atoms with E-state index in [1.165, 1.54) is 0 Å². The molecule has 0 aliphatic heterocycles. The van der Waals surface area contributed by atoms with E-state index in [-0.39, 0.29) is 12.1 Å². The predicted octanol–water partition coefficient (Wildman–Crippen LogP) is 2.99. The Morgan fingerprint density at radius 2 is 1.71 bits per heavy atom. The summed E-state index contributed by atoms with van der Waals surface area (Å²) in [5.74, 6) is -0.343. The molecular weight excluding hydrogens is 266 g/mol. The summed E-state index contributed by atoms with van der Waals surface area (Å²) in [6.07, 6.45) is 4.89. The number of hydrogen-bond donors (Lipinski definition) is 1. The first-order valence-corrected chi connectivity index (χ1v) is 7.74. The quantitative estimate of drug-likeness (QED) is 0.870. The standard InChI is InChI=1S/C17H25NO3/c1-18(2)14-11-9-13(10-12-14)17(20)21-16-8-6-4-3-5-7-15(16)19/h9-12,15-16,19H,3-8H2,1-2H3/t15-,16+/m1/s1. The largest absolute Gasteiger partial charge is 0.456 e. The van der Waals surface area contributed by atoms with Crippen molar-refractivity contribution in [3.05, 3.63) is 29.8 Å². The van der Waals surface area contributed by atoms with Crippen LogP contribution < -0.4 is 4.90 Å². The third kappa shape index (κ3) is 4.46. The van der Waals surface area contributed by atoms with Crippen LogP contribution in [0, 0.1) is 0 Å². The number of aliphatic hydroxyl groups excluding tert-OH is 1. The van der Waals surface area contributed by atoms with Crippen molar-refractivity contribution in [3.63, 3.8) is 0 Å². The normalized spacial score (nSPS) is 23.0. The molecule has 1 aromatic rings. The van der Waals surface area contributed by atoms with Crippen LogP contribution >= 0.6 is 0 Å². The van der Waals surface area contributed by atoms with Crippen molar-refractivity contribution in [3.8, 4) is 0 Å². The molecule has 1 saturated carbocycles. The van der Waals surface area contributed by atoms with Crippen LogP contribution in [0.15, 0.2) is 24.3 Å². The molecule has 1 aliphatic carbocycles. The second-order valence-corrected chi connectivity index (χ2v) is 5.94. The van der Waals surface area contributed by atoms with Gasteiger partial charge in [-0.3, -0.25) is 0 Å². The Morgan fingerprint density at radius 3 is 2.33 bits per heavy atom. The summed E-state index contributed by atoms with van der Waals surface area (Å²) in [6.45, 7) is 0. The van der Waals surface area contributed by atoms with Crippen molar-refractivity contribution in [2.75, 3.05) is 19.0 Å². The van der Waals surface area contributed by atoms with Crippen molar-refractivity contribution >= 4 is 11.7 Å². The number of anilines is 1. The molecule has 4 heteroatoms. The highest BCUT2D eigenvalue weighted by Gasteiger charge is 2.24. The fourth-order valence-electron chi connectivity index (χ4n) is 2.67. The molecule has 1 N–H and O–H groups in total. The van der Waals surface area contributed by atoms with Crippen LogP contribution in [-0.2, 0) is 4.74 Å². The van der Waals surface area contributed by atoms with Crippen molar-refractivity contribution in [1.82, 2.24) is 0 Å². The Morgan fingerprint density at radius 1 is 1.10 bits per heavy atom. The number of carbonyl (C=O) groups excluding carboxylic acids is 1. The third-order valence-electron chi connectivity index (χ3n) is 4.05. The average molecular weight is 291 g/mol. The fraction of sp³-hybridized carbons (Fsp3) is 0.588. The van der Waals surface area contributed by atoms with E-state index in [2.05, 4.69) is 0 Å². The van der Waals surface area contributed by atoms with Crippen LogP contribution in [0.2, 0.25) is 0 Å². The van der Waals surface area contributed by atoms with Gasteiger partial charge < -0.3 is 14.7 Å². The number of aliphatic hydroxyl groups is 1. The summed E-state index contributed by atoms with van der Waals surface area (Å²) >= 11 is 0. The van der Waals surface area contributed by atoms with Crippen molar-refractivity contribution in [2.24, 2.45) is 0 Å². The van der Waals surface area contributed by atoms with Gasteiger partial charge in [0.05, 0.1) is 11.7 Å². The summed E-state index contributed by atoms with van der Waals surface area (Å²) in [4.78, 5) is 14.2. The molecule has 116 valence electrons. The number of nitrogens with zero attached hydrogens (tertiary/aromatic N) is 1. The molecule has 1 aromatic carbocycles. The molecule has 0 amide bonds. The Kier molecular flexibility index (Phi) is 5.62. The number of esters is 1. The smallest absolute Gasteiger partial charge is 0.338 e. The number of rotatable bonds is 3. The first-order chi connectivity index (χ1) is 10.1. The van der Waals surface area contributed by atoms with Gasteiger partial charge in [0.15, 0.2) is 0 Å². The lowest BCUT2D eigenvalue weighted by Gasteiger charge is -2.25. The molecule has 0 aromatic heterocycles. The lowest BCUT2D eigenvalue weighted by Crippen LogP contribution is -2.32. The van der Waals surface area contributed by atoms with E-state index in [1.54, 1.807) is 12.1 Å². The summed E-state index contributed by atoms with van der Waals surface area (Å²) in [6, 6.07) is 7.33. The van der Waals surface area contributed by atoms with E-state index < -0.39 is 6.10 Å². The van der Waals surface area contributed by atoms with Gasteiger partial charge in [0.25, 0.3) is 0 Å². The molecule has 4 nitrogen and oxygen atoms in total. The van der Waals surface area contributed by atoms with Gasteiger partial charge >= 0.3 is 5.97 Å². The van der Waals surface area contributed by atoms with Gasteiger partial charge in [-0.05, 0) is 43.5 Å². The zero-order chi connectivity index (χ0) is 15.2. The summed E-state index contributed by atoms with van der Waals surface area (Å²) < 4.78 is 5.52. The molecule has 1 fully saturated rings. The number of carbonyl (C=O) groups is 1. The van der Waals surface area contributed by atoms with Gasteiger partial charge in [-0.15, -0.1) is 0 Å². The third-order valence-corrected chi connectivity index (χ3v) is 4.05. The Bertz CT molecular complexity index is 456. The van der Waals surface area contributed by atoms with E-state index in [0.717, 1.165) is 44.2 Å². The van der Waals surface area contributed by atoms with Gasteiger partial charge in [0.2, 0.25) is 0 Å². The molecule has 0 spiro atoms. The van der Waals surface area contributed by atoms with Gasteiger partial charge in [-0.2, -0.15) is 0 Å². The van der Waals surface area contributed by atoms with Gasteiger partial charge in [-0.25, -0.2) is 4.79 Å². The topological polar surface area (TPSA) is 49.8 Å². The molecule has 0 saturated heterocycles. The fourth-order valence-corrected chi connectivity index (χ4v) is 2.67. The maximum atomic E-state index is 12.2. The molecule has 2 rings (SSSR count). The van der Waals surface area contributed by atoms with Crippen LogP contribution in [0.25, 0.3) is 0 Å². The molecule has 2 atom stereocenters. The maximum absolute atomic E-state index is 12.2. The van der Waals surface area contributed by atoms with Crippen molar-refractivity contribution < 1.29 is 14.6 Å². The lowest BCUT2D eigenvalue weighted by molar-refractivity contribution is -0.0282. The Balaban J connectivity index is 1.98. The SMILES string of the molecule is CN(C)c1ccc(C(=O)O[C@H]2CCCCCC[C@H]2O)cc1. The predicted molar refractivity (Wildman–Crippen MR) is 83.7 cm³/mol. The monoisotopic (exact) mass is 291 g/mol. The second-order valence-electron chi connectivity index (χ2n) is 5.94. The molecule has 0 heterocycles. The highest BCUT2D eigenvalue weighted by atomic mass is 16.6. The molecule has 21 heavy (non-hydrogen) atoms. The number of hydrogen-bond acceptors (Lipinski definition) is 4. The van der Waals surface area contributed by atoms with E-state index in [0.29, 0.717) is 5.56 Å². The highest BCUT2D eigenvalue weighted by molar-refractivity contribution is 5.90. The van der Waals surface area contributed by atoms with Crippen LogP contribution in [0.5, 0.6) is 0 Å². The maximum Gasteiger partial charge on any atom is 0.338 e. The minimum Gasteiger partial charge on any atom is -0.456 e. The van der Waals surface area contributed by atoms with Gasteiger partial charge in [0.1, 0.15) is 6.10 Å². The number of ether oxygens (including phenoxy) is 1. The van der Waals surface area contributed by atoms with Crippen molar-refractivity contribution in [1.29, 1.82) is 0 Å². The van der Waals surface area contributed by atoms with Crippen LogP contribution in [-0.4, -0.2) is 37.4 Å². The zero-order valence-electron chi connectivity index (χ0n) is 12.9. The van der Waals surface area contributed by atoms with Crippen LogP contribution in [0.3, 0.4) is 0 Å². The number of benzene rings is 1. The first kappa shape index (κ1) is 15.8. The average Bonchev–Trinajstić information content (AvgIpc) is 2.47. The Labute approximate surface area is 126 Å². The Hall–Kier alpha value is -1.55. The minimum absolute atomic E-state index is 0.343. The molecule has 1 aliphatic rings. The second kappa shape index (κ2) is 7.46. The zero-order valence-corrected chi connectivity index (χ0v) is 12.9. The summed E-state index contributed by atoms with van der Waals surface area (Å²) in [5, 5.41) is 10.1. The van der Waals surface area contributed by atoms with Gasteiger partial charge in [-0.1, -0.05) is 19.3 Å². The van der Waals surface area contributed by atoms with E-state index in [4.69, 9.17) is 4.74 Å². The lowest BCUT2D eigenvalue weighted by atomic mass is 9.96. The van der Waals surface area contributed by atoms with Gasteiger partial charge in [0, 0.05) is 19.8 Å².